The fourth-order valence-corrected chi connectivity index (χ4v) is 2.90. The van der Waals surface area contributed by atoms with Crippen molar-refractivity contribution in [1.29, 1.82) is 0 Å². The Morgan fingerprint density at radius 1 is 1.38 bits per heavy atom. The van der Waals surface area contributed by atoms with E-state index in [-0.39, 0.29) is 6.10 Å². The summed E-state index contributed by atoms with van der Waals surface area (Å²) in [6.07, 6.45) is 5.61. The number of aliphatic hydroxyl groups is 1. The predicted octanol–water partition coefficient (Wildman–Crippen LogP) is 1.96. The van der Waals surface area contributed by atoms with E-state index in [1.807, 2.05) is 0 Å². The molecule has 1 heterocycles. The molecule has 0 radical (unpaired) electrons. The van der Waals surface area contributed by atoms with E-state index in [9.17, 15) is 5.11 Å². The van der Waals surface area contributed by atoms with E-state index in [1.54, 1.807) is 0 Å². The summed E-state index contributed by atoms with van der Waals surface area (Å²) in [5.41, 5.74) is 0.361. The summed E-state index contributed by atoms with van der Waals surface area (Å²) in [6, 6.07) is 0. The number of rotatable bonds is 1. The minimum absolute atomic E-state index is 0.0491. The van der Waals surface area contributed by atoms with E-state index < -0.39 is 0 Å². The molecule has 3 unspecified atom stereocenters. The van der Waals surface area contributed by atoms with Gasteiger partial charge in [0.2, 0.25) is 0 Å². The lowest BCUT2D eigenvalue weighted by atomic mass is 9.73. The number of hydrogen-bond acceptors (Lipinski definition) is 2. The first-order chi connectivity index (χ1) is 6.21. The normalized spacial score (nSPS) is 46.6. The molecule has 0 spiro atoms. The second-order valence-electron chi connectivity index (χ2n) is 4.96. The Hall–Kier alpha value is -0.0800. The van der Waals surface area contributed by atoms with E-state index in [4.69, 9.17) is 4.74 Å². The maximum Gasteiger partial charge on any atom is 0.0545 e. The quantitative estimate of drug-likeness (QED) is 0.675. The standard InChI is InChI=1S/C11H20O2/c1-11(5-4-10(12)7-11)9-3-2-6-13-8-9/h9-10,12H,2-8H2,1H3. The molecule has 3 atom stereocenters. The second kappa shape index (κ2) is 3.58. The van der Waals surface area contributed by atoms with Crippen LogP contribution in [-0.4, -0.2) is 24.4 Å². The summed E-state index contributed by atoms with van der Waals surface area (Å²) in [6.45, 7) is 4.18. The lowest BCUT2D eigenvalue weighted by molar-refractivity contribution is -0.00504. The molecule has 1 aliphatic heterocycles. The first kappa shape index (κ1) is 9.47. The highest BCUT2D eigenvalue weighted by atomic mass is 16.5. The Labute approximate surface area is 80.3 Å². The van der Waals surface area contributed by atoms with Crippen molar-refractivity contribution < 1.29 is 9.84 Å². The molecule has 1 saturated heterocycles. The molecule has 0 aromatic rings. The van der Waals surface area contributed by atoms with E-state index in [0.717, 1.165) is 26.1 Å². The molecule has 1 aliphatic carbocycles. The van der Waals surface area contributed by atoms with Crippen molar-refractivity contribution in [2.45, 2.75) is 45.1 Å². The van der Waals surface area contributed by atoms with Crippen molar-refractivity contribution in [3.8, 4) is 0 Å². The van der Waals surface area contributed by atoms with Gasteiger partial charge >= 0.3 is 0 Å². The van der Waals surface area contributed by atoms with Gasteiger partial charge in [-0.2, -0.15) is 0 Å². The van der Waals surface area contributed by atoms with Gasteiger partial charge in [-0.25, -0.2) is 0 Å². The van der Waals surface area contributed by atoms with E-state index in [2.05, 4.69) is 6.92 Å². The van der Waals surface area contributed by atoms with Crippen LogP contribution >= 0.6 is 0 Å². The van der Waals surface area contributed by atoms with Crippen molar-refractivity contribution in [2.24, 2.45) is 11.3 Å². The fraction of sp³-hybridized carbons (Fsp3) is 1.00. The van der Waals surface area contributed by atoms with Gasteiger partial charge in [-0.15, -0.1) is 0 Å². The van der Waals surface area contributed by atoms with Crippen LogP contribution in [0.25, 0.3) is 0 Å². The number of ether oxygens (including phenoxy) is 1. The molecule has 0 amide bonds. The van der Waals surface area contributed by atoms with Gasteiger partial charge in [-0.05, 0) is 43.4 Å². The summed E-state index contributed by atoms with van der Waals surface area (Å²) >= 11 is 0. The molecular formula is C11H20O2. The lowest BCUT2D eigenvalue weighted by Crippen LogP contribution is -2.32. The molecule has 2 aliphatic rings. The smallest absolute Gasteiger partial charge is 0.0545 e. The van der Waals surface area contributed by atoms with Gasteiger partial charge in [0.05, 0.1) is 6.10 Å². The highest BCUT2D eigenvalue weighted by Crippen LogP contribution is 2.46. The molecule has 0 aromatic heterocycles. The summed E-state index contributed by atoms with van der Waals surface area (Å²) in [5.74, 6) is 0.693. The molecule has 0 bridgehead atoms. The van der Waals surface area contributed by atoms with Gasteiger partial charge in [-0.3, -0.25) is 0 Å². The van der Waals surface area contributed by atoms with Gasteiger partial charge in [0.15, 0.2) is 0 Å². The zero-order valence-electron chi connectivity index (χ0n) is 8.46. The number of aliphatic hydroxyl groups excluding tert-OH is 1. The van der Waals surface area contributed by atoms with Crippen LogP contribution in [0.3, 0.4) is 0 Å². The van der Waals surface area contributed by atoms with Crippen molar-refractivity contribution in [2.75, 3.05) is 13.2 Å². The highest BCUT2D eigenvalue weighted by Gasteiger charge is 2.41. The molecular weight excluding hydrogens is 164 g/mol. The molecule has 0 aromatic carbocycles. The summed E-state index contributed by atoms with van der Waals surface area (Å²) in [5, 5.41) is 9.55. The van der Waals surface area contributed by atoms with Crippen LogP contribution in [0.2, 0.25) is 0 Å². The Bertz CT molecular complexity index is 175. The van der Waals surface area contributed by atoms with Gasteiger partial charge in [-0.1, -0.05) is 6.92 Å². The summed E-state index contributed by atoms with van der Waals surface area (Å²) < 4.78 is 5.51. The second-order valence-corrected chi connectivity index (χ2v) is 4.96. The molecule has 1 saturated carbocycles. The fourth-order valence-electron chi connectivity index (χ4n) is 2.90. The van der Waals surface area contributed by atoms with Crippen molar-refractivity contribution in [3.63, 3.8) is 0 Å². The van der Waals surface area contributed by atoms with Crippen molar-refractivity contribution >= 4 is 0 Å². The zero-order chi connectivity index (χ0) is 9.31. The topological polar surface area (TPSA) is 29.5 Å². The average molecular weight is 184 g/mol. The van der Waals surface area contributed by atoms with E-state index in [1.165, 1.54) is 19.3 Å². The monoisotopic (exact) mass is 184 g/mol. The third kappa shape index (κ3) is 1.89. The van der Waals surface area contributed by atoms with Gasteiger partial charge < -0.3 is 9.84 Å². The van der Waals surface area contributed by atoms with Crippen LogP contribution in [0.15, 0.2) is 0 Å². The Morgan fingerprint density at radius 3 is 2.77 bits per heavy atom. The first-order valence-corrected chi connectivity index (χ1v) is 5.46. The Kier molecular flexibility index (Phi) is 2.61. The van der Waals surface area contributed by atoms with Crippen LogP contribution in [0, 0.1) is 11.3 Å². The van der Waals surface area contributed by atoms with Crippen LogP contribution < -0.4 is 0 Å². The molecule has 2 nitrogen and oxygen atoms in total. The molecule has 76 valence electrons. The van der Waals surface area contributed by atoms with Crippen LogP contribution in [0.4, 0.5) is 0 Å². The summed E-state index contributed by atoms with van der Waals surface area (Å²) in [4.78, 5) is 0. The Morgan fingerprint density at radius 2 is 2.23 bits per heavy atom. The van der Waals surface area contributed by atoms with Gasteiger partial charge in [0.1, 0.15) is 0 Å². The van der Waals surface area contributed by atoms with Gasteiger partial charge in [0, 0.05) is 13.2 Å². The SMILES string of the molecule is CC1(C2CCCOC2)CCC(O)C1. The maximum atomic E-state index is 9.55. The average Bonchev–Trinajstić information content (AvgIpc) is 2.49. The molecule has 2 heteroatoms. The van der Waals surface area contributed by atoms with E-state index in [0.29, 0.717) is 11.3 Å². The Balaban J connectivity index is 1.97. The molecule has 1 N–H and O–H groups in total. The third-order valence-electron chi connectivity index (χ3n) is 3.90. The highest BCUT2D eigenvalue weighted by molar-refractivity contribution is 4.91. The first-order valence-electron chi connectivity index (χ1n) is 5.46. The minimum atomic E-state index is -0.0491. The largest absolute Gasteiger partial charge is 0.393 e. The zero-order valence-corrected chi connectivity index (χ0v) is 8.46. The molecule has 2 fully saturated rings. The van der Waals surface area contributed by atoms with Crippen molar-refractivity contribution in [1.82, 2.24) is 0 Å². The van der Waals surface area contributed by atoms with E-state index >= 15 is 0 Å². The third-order valence-corrected chi connectivity index (χ3v) is 3.90. The number of hydrogen-bond donors (Lipinski definition) is 1. The van der Waals surface area contributed by atoms with Gasteiger partial charge in [0.25, 0.3) is 0 Å². The van der Waals surface area contributed by atoms with Crippen LogP contribution in [0.5, 0.6) is 0 Å². The molecule has 13 heavy (non-hydrogen) atoms. The predicted molar refractivity (Wildman–Crippen MR) is 51.5 cm³/mol. The van der Waals surface area contributed by atoms with Crippen molar-refractivity contribution in [3.05, 3.63) is 0 Å². The van der Waals surface area contributed by atoms with Crippen LogP contribution in [0.1, 0.15) is 39.0 Å². The lowest BCUT2D eigenvalue weighted by Gasteiger charge is -2.36. The summed E-state index contributed by atoms with van der Waals surface area (Å²) in [7, 11) is 0. The molecule has 2 rings (SSSR count). The van der Waals surface area contributed by atoms with Crippen LogP contribution in [-0.2, 0) is 4.74 Å². The maximum absolute atomic E-state index is 9.55. The minimum Gasteiger partial charge on any atom is -0.393 e.